The van der Waals surface area contributed by atoms with E-state index in [1.807, 2.05) is 0 Å². The molecular weight excluding hydrogens is 1000 g/mol. The fraction of sp³-hybridized carbons (Fsp3) is 0. The van der Waals surface area contributed by atoms with Gasteiger partial charge in [0.25, 0.3) is 0 Å². The molecule has 6 nitrogen and oxygen atoms in total. The van der Waals surface area contributed by atoms with E-state index in [-0.39, 0.29) is 11.1 Å². The first kappa shape index (κ1) is 45.1. The molecule has 0 aliphatic rings. The SMILES string of the molecule is N#Cc1c(C#N)c(-n2c3cc(-c4ccccc4-c4ccccc4)ccc3c3ccc4c5ccccc5sc4c32)c(-n2c3ccccc3c3ccccc32)c(-n2c3ccccc3c3ccccc32)c1-n1c2ccccc2c2ccccc21. The van der Waals surface area contributed by atoms with E-state index in [9.17, 15) is 10.5 Å². The Kier molecular flexibility index (Phi) is 9.62. The highest BCUT2D eigenvalue weighted by atomic mass is 32.1. The van der Waals surface area contributed by atoms with Gasteiger partial charge in [-0.25, -0.2) is 0 Å². The van der Waals surface area contributed by atoms with Gasteiger partial charge in [-0.2, -0.15) is 10.5 Å². The minimum Gasteiger partial charge on any atom is -0.306 e. The largest absolute Gasteiger partial charge is 0.306 e. The van der Waals surface area contributed by atoms with E-state index >= 15 is 0 Å². The van der Waals surface area contributed by atoms with Crippen LogP contribution in [0.1, 0.15) is 11.1 Å². The van der Waals surface area contributed by atoms with Crippen molar-refractivity contribution in [2.75, 3.05) is 0 Å². The van der Waals surface area contributed by atoms with Gasteiger partial charge < -0.3 is 18.3 Å². The average molecular weight is 1050 g/mol. The van der Waals surface area contributed by atoms with Gasteiger partial charge in [0, 0.05) is 58.6 Å². The molecule has 5 aromatic heterocycles. The van der Waals surface area contributed by atoms with E-state index in [0.29, 0.717) is 11.4 Å². The van der Waals surface area contributed by atoms with E-state index in [2.05, 4.69) is 285 Å². The topological polar surface area (TPSA) is 67.3 Å². The van der Waals surface area contributed by atoms with Crippen molar-refractivity contribution in [3.8, 4) is 57.1 Å². The molecule has 0 amide bonds. The van der Waals surface area contributed by atoms with Crippen molar-refractivity contribution in [2.24, 2.45) is 0 Å². The third-order valence-corrected chi connectivity index (χ3v) is 18.0. The molecule has 0 atom stereocenters. The molecule has 0 spiro atoms. The summed E-state index contributed by atoms with van der Waals surface area (Å²) in [5.74, 6) is 0. The minimum absolute atomic E-state index is 0.266. The third kappa shape index (κ3) is 6.24. The molecule has 17 rings (SSSR count). The van der Waals surface area contributed by atoms with E-state index in [0.717, 1.165) is 131 Å². The molecule has 0 radical (unpaired) electrons. The molecule has 12 aromatic carbocycles. The molecule has 5 heterocycles. The summed E-state index contributed by atoms with van der Waals surface area (Å²) >= 11 is 1.77. The lowest BCUT2D eigenvalue weighted by Crippen LogP contribution is -2.17. The van der Waals surface area contributed by atoms with E-state index in [1.165, 1.54) is 10.1 Å². The molecule has 0 fully saturated rings. The molecule has 0 saturated heterocycles. The van der Waals surface area contributed by atoms with E-state index in [4.69, 9.17) is 0 Å². The van der Waals surface area contributed by atoms with Gasteiger partial charge in [-0.05, 0) is 70.8 Å². The summed E-state index contributed by atoms with van der Waals surface area (Å²) in [6.45, 7) is 0. The number of thiophene rings is 1. The molecule has 81 heavy (non-hydrogen) atoms. The number of nitrogens with zero attached hydrogens (tertiary/aromatic N) is 6. The Morgan fingerprint density at radius 1 is 0.272 bits per heavy atom. The standard InChI is InChI=1S/C74H42N6S/c75-43-59-60(44-76)70(80-67-42-46(48-23-5-4-22-47(48)45-20-2-1-3-21-45)38-39-55(67)57-40-41-58-56-30-12-19-37-68(56)81-74(58)71(57)80)73(79-65-35-17-10-28-53(65)54-29-11-18-36-66(54)79)72(78-63-33-15-8-26-51(63)52-27-9-16-34-64(52)78)69(59)77-61-31-13-6-24-49(61)50-25-7-14-32-62(50)77/h1-42H. The third-order valence-electron chi connectivity index (χ3n) is 16.9. The highest BCUT2D eigenvalue weighted by Crippen LogP contribution is 2.51. The van der Waals surface area contributed by atoms with Gasteiger partial charge in [-0.1, -0.05) is 206 Å². The van der Waals surface area contributed by atoms with Crippen LogP contribution >= 0.6 is 11.3 Å². The van der Waals surface area contributed by atoms with Gasteiger partial charge in [0.05, 0.1) is 82.7 Å². The summed E-state index contributed by atoms with van der Waals surface area (Å²) in [6.07, 6.45) is 0. The summed E-state index contributed by atoms with van der Waals surface area (Å²) in [5, 5.41) is 35.9. The summed E-state index contributed by atoms with van der Waals surface area (Å²) in [6, 6.07) is 96.3. The van der Waals surface area contributed by atoms with Crippen molar-refractivity contribution in [1.82, 2.24) is 18.3 Å². The zero-order chi connectivity index (χ0) is 53.4. The number of nitriles is 2. The zero-order valence-corrected chi connectivity index (χ0v) is 44.2. The lowest BCUT2D eigenvalue weighted by Gasteiger charge is -2.28. The van der Waals surface area contributed by atoms with Crippen molar-refractivity contribution in [1.29, 1.82) is 10.5 Å². The van der Waals surface area contributed by atoms with Crippen LogP contribution in [0, 0.1) is 22.7 Å². The monoisotopic (exact) mass is 1050 g/mol. The maximum Gasteiger partial charge on any atom is 0.103 e. The van der Waals surface area contributed by atoms with Crippen molar-refractivity contribution in [3.63, 3.8) is 0 Å². The predicted octanol–water partition coefficient (Wildman–Crippen LogP) is 19.5. The molecule has 0 aliphatic heterocycles. The Morgan fingerprint density at radius 2 is 0.630 bits per heavy atom. The first-order valence-corrected chi connectivity index (χ1v) is 28.0. The molecule has 0 N–H and O–H groups in total. The van der Waals surface area contributed by atoms with Crippen LogP contribution in [0.3, 0.4) is 0 Å². The number of hydrogen-bond donors (Lipinski definition) is 0. The Labute approximate surface area is 467 Å². The van der Waals surface area contributed by atoms with Crippen LogP contribution in [0.5, 0.6) is 0 Å². The quantitative estimate of drug-likeness (QED) is 0.167. The van der Waals surface area contributed by atoms with E-state index in [1.54, 1.807) is 11.3 Å². The first-order valence-electron chi connectivity index (χ1n) is 27.2. The maximum atomic E-state index is 12.6. The van der Waals surface area contributed by atoms with Gasteiger partial charge in [0.2, 0.25) is 0 Å². The Bertz CT molecular complexity index is 5470. The van der Waals surface area contributed by atoms with Crippen LogP contribution in [-0.2, 0) is 0 Å². The predicted molar refractivity (Wildman–Crippen MR) is 337 cm³/mol. The lowest BCUT2D eigenvalue weighted by atomic mass is 9.94. The molecule has 374 valence electrons. The van der Waals surface area contributed by atoms with Crippen molar-refractivity contribution < 1.29 is 0 Å². The first-order chi connectivity index (χ1) is 40.2. The Hall–Kier alpha value is -11.0. The number of fused-ring (bicyclic) bond motifs is 16. The smallest absolute Gasteiger partial charge is 0.103 e. The van der Waals surface area contributed by atoms with Crippen LogP contribution in [0.4, 0.5) is 0 Å². The average Bonchev–Trinajstić information content (AvgIpc) is 3.82. The van der Waals surface area contributed by atoms with Gasteiger partial charge >= 0.3 is 0 Å². The molecule has 17 aromatic rings. The molecular formula is C74H42N6S. The second kappa shape index (κ2) is 17.3. The molecule has 0 unspecified atom stereocenters. The summed E-state index contributed by atoms with van der Waals surface area (Å²) in [5.41, 5.74) is 15.2. The fourth-order valence-electron chi connectivity index (χ4n) is 13.5. The van der Waals surface area contributed by atoms with Crippen LogP contribution in [0.2, 0.25) is 0 Å². The Morgan fingerprint density at radius 3 is 1.11 bits per heavy atom. The zero-order valence-electron chi connectivity index (χ0n) is 43.3. The highest BCUT2D eigenvalue weighted by Gasteiger charge is 2.35. The maximum absolute atomic E-state index is 12.6. The van der Waals surface area contributed by atoms with Gasteiger partial charge in [-0.3, -0.25) is 0 Å². The van der Waals surface area contributed by atoms with Crippen LogP contribution in [0.15, 0.2) is 255 Å². The summed E-state index contributed by atoms with van der Waals surface area (Å²) < 4.78 is 11.7. The normalized spacial score (nSPS) is 11.9. The number of hydrogen-bond acceptors (Lipinski definition) is 3. The number of para-hydroxylation sites is 6. The van der Waals surface area contributed by atoms with Gasteiger partial charge in [-0.15, -0.1) is 11.3 Å². The van der Waals surface area contributed by atoms with Crippen molar-refractivity contribution in [3.05, 3.63) is 266 Å². The van der Waals surface area contributed by atoms with Gasteiger partial charge in [0.1, 0.15) is 12.1 Å². The number of benzene rings is 12. The Balaban J connectivity index is 1.18. The molecule has 0 saturated carbocycles. The summed E-state index contributed by atoms with van der Waals surface area (Å²) in [7, 11) is 0. The molecule has 0 aliphatic carbocycles. The van der Waals surface area contributed by atoms with Crippen LogP contribution < -0.4 is 0 Å². The number of aromatic nitrogens is 4. The highest BCUT2D eigenvalue weighted by molar-refractivity contribution is 7.26. The van der Waals surface area contributed by atoms with Gasteiger partial charge in [0.15, 0.2) is 0 Å². The molecule has 0 bridgehead atoms. The van der Waals surface area contributed by atoms with Crippen molar-refractivity contribution >= 4 is 119 Å². The second-order valence-electron chi connectivity index (χ2n) is 20.9. The summed E-state index contributed by atoms with van der Waals surface area (Å²) in [4.78, 5) is 0. The van der Waals surface area contributed by atoms with Crippen molar-refractivity contribution in [2.45, 2.75) is 0 Å². The fourth-order valence-corrected chi connectivity index (χ4v) is 14.8. The van der Waals surface area contributed by atoms with Crippen LogP contribution in [0.25, 0.3) is 152 Å². The molecule has 7 heteroatoms. The number of rotatable bonds is 6. The lowest BCUT2D eigenvalue weighted by molar-refractivity contribution is 1.01. The van der Waals surface area contributed by atoms with Crippen LogP contribution in [-0.4, -0.2) is 18.3 Å². The minimum atomic E-state index is 0.266. The second-order valence-corrected chi connectivity index (χ2v) is 21.9. The van der Waals surface area contributed by atoms with E-state index < -0.39 is 0 Å².